The van der Waals surface area contributed by atoms with Crippen LogP contribution in [0.3, 0.4) is 0 Å². The van der Waals surface area contributed by atoms with Crippen molar-refractivity contribution in [3.8, 4) is 22.3 Å². The number of hydrogen-bond acceptors (Lipinski definition) is 0. The van der Waals surface area contributed by atoms with Gasteiger partial charge in [-0.15, -0.1) is 24.8 Å². The van der Waals surface area contributed by atoms with Gasteiger partial charge in [0.15, 0.2) is 0 Å². The Morgan fingerprint density at radius 3 is 1.21 bits per heavy atom. The molecule has 0 nitrogen and oxygen atoms in total. The first kappa shape index (κ1) is 38.2. The van der Waals surface area contributed by atoms with E-state index in [4.69, 9.17) is 0 Å². The third-order valence-corrected chi connectivity index (χ3v) is 35.2. The quantitative estimate of drug-likeness (QED) is 0.154. The van der Waals surface area contributed by atoms with Crippen molar-refractivity contribution < 1.29 is 41.9 Å². The van der Waals surface area contributed by atoms with Gasteiger partial charge in [0.1, 0.15) is 0 Å². The van der Waals surface area contributed by atoms with E-state index >= 15 is 0 Å². The maximum Gasteiger partial charge on any atom is -0.147 e. The molecule has 4 aromatic rings. The Labute approximate surface area is 339 Å². The molecule has 4 heteroatoms. The molecule has 0 bridgehead atoms. The molecule has 0 saturated heterocycles. The normalized spacial score (nSPS) is 17.4. The number of fused-ring (bicyclic) bond motifs is 6. The second-order valence-electron chi connectivity index (χ2n) is 15.1. The van der Waals surface area contributed by atoms with Gasteiger partial charge < -0.3 is 0 Å². The van der Waals surface area contributed by atoms with Crippen LogP contribution in [0.4, 0.5) is 0 Å². The van der Waals surface area contributed by atoms with E-state index < -0.39 is 41.9 Å². The van der Waals surface area contributed by atoms with Crippen molar-refractivity contribution in [1.29, 1.82) is 0 Å². The molecular formula is C48H50Cl2Hf2. The van der Waals surface area contributed by atoms with Crippen molar-refractivity contribution in [2.45, 2.75) is 89.9 Å². The Hall–Kier alpha value is -2.10. The van der Waals surface area contributed by atoms with Gasteiger partial charge >= 0.3 is 318 Å². The van der Waals surface area contributed by atoms with Crippen LogP contribution in [-0.4, -0.2) is 6.51 Å². The summed E-state index contributed by atoms with van der Waals surface area (Å²) >= 11 is -4.22. The standard InChI is InChI=1S/2C13H9.2C6H10.2C5H5.2ClH.2Hf/c2*1-3-7-12-10(5-1)9-11-6-2-4-8-13(11)12;2*1-2-4-6-5-3-1;2*1-2-4-5-3-1;;;;/h2*1-5,7-8H,9H2;2*1-5H2;2*1-3H,4H2;2*1H;;. The summed E-state index contributed by atoms with van der Waals surface area (Å²) in [7, 11) is 0. The topological polar surface area (TPSA) is 0 Å². The zero-order chi connectivity index (χ0) is 33.3. The van der Waals surface area contributed by atoms with Gasteiger partial charge in [0, 0.05) is 0 Å². The first-order valence-electron chi connectivity index (χ1n) is 19.4. The van der Waals surface area contributed by atoms with Crippen LogP contribution in [-0.2, 0) is 54.8 Å². The summed E-state index contributed by atoms with van der Waals surface area (Å²) in [5.41, 5.74) is 12.4. The maximum atomic E-state index is 2.51. The SMILES string of the molecule is C1=CC[C]([Hf](=[C]2CCCCC2)[c]2cccc3c2Cc2ccccc2-3)=C1.C1=CC[C]([Hf](=[C]2CCCCC2)[c]2cccc3c2Cc2ccccc2-3)=C1.Cl.Cl. The summed E-state index contributed by atoms with van der Waals surface area (Å²) in [4.78, 5) is 0. The first-order valence-corrected chi connectivity index (χ1v) is 30.2. The smallest absolute Gasteiger partial charge is 0.147 e. The second-order valence-corrected chi connectivity index (χ2v) is 34.0. The zero-order valence-corrected chi connectivity index (χ0v) is 39.1. The summed E-state index contributed by atoms with van der Waals surface area (Å²) in [5.74, 6) is 0. The first-order chi connectivity index (χ1) is 24.8. The van der Waals surface area contributed by atoms with Crippen molar-refractivity contribution in [3.63, 3.8) is 0 Å². The van der Waals surface area contributed by atoms with E-state index in [1.165, 1.54) is 110 Å². The van der Waals surface area contributed by atoms with E-state index in [0.29, 0.717) is 0 Å². The molecule has 0 unspecified atom stereocenters. The molecular weight excluding hydrogens is 1000 g/mol. The van der Waals surface area contributed by atoms with Gasteiger partial charge in [0.25, 0.3) is 0 Å². The second kappa shape index (κ2) is 17.6. The molecule has 4 aromatic carbocycles. The molecule has 264 valence electrons. The minimum Gasteiger partial charge on any atom is -0.147 e. The molecule has 0 radical (unpaired) electrons. The molecule has 0 heterocycles. The Balaban J connectivity index is 0.000000156. The Morgan fingerprint density at radius 1 is 0.404 bits per heavy atom. The third-order valence-electron chi connectivity index (χ3n) is 12.0. The number of halogens is 2. The Morgan fingerprint density at radius 2 is 0.808 bits per heavy atom. The number of benzene rings is 4. The van der Waals surface area contributed by atoms with Gasteiger partial charge in [0.05, 0.1) is 0 Å². The molecule has 2 fully saturated rings. The van der Waals surface area contributed by atoms with E-state index in [1.54, 1.807) is 17.8 Å². The molecule has 0 amide bonds. The predicted octanol–water partition coefficient (Wildman–Crippen LogP) is 11.8. The summed E-state index contributed by atoms with van der Waals surface area (Å²) < 4.78 is 11.2. The van der Waals surface area contributed by atoms with E-state index in [1.807, 2.05) is 13.2 Å². The number of allylic oxidation sites excluding steroid dienone is 8. The molecule has 0 atom stereocenters. The Kier molecular flexibility index (Phi) is 12.9. The summed E-state index contributed by atoms with van der Waals surface area (Å²) in [5, 5.41) is 0. The third kappa shape index (κ3) is 7.58. The summed E-state index contributed by atoms with van der Waals surface area (Å²) in [6.45, 7) is 0. The van der Waals surface area contributed by atoms with Gasteiger partial charge in [-0.1, -0.05) is 0 Å². The fraction of sp³-hybridized carbons (Fsp3) is 0.292. The van der Waals surface area contributed by atoms with Crippen molar-refractivity contribution in [2.24, 2.45) is 0 Å². The van der Waals surface area contributed by atoms with Crippen LogP contribution in [0, 0.1) is 0 Å². The average Bonchev–Trinajstić information content (AvgIpc) is 4.01. The van der Waals surface area contributed by atoms with Crippen LogP contribution in [0.2, 0.25) is 0 Å². The van der Waals surface area contributed by atoms with E-state index in [2.05, 4.69) is 121 Å². The monoisotopic (exact) mass is 1060 g/mol. The van der Waals surface area contributed by atoms with Crippen molar-refractivity contribution in [2.75, 3.05) is 0 Å². The van der Waals surface area contributed by atoms with Crippen molar-refractivity contribution in [3.05, 3.63) is 150 Å². The fourth-order valence-corrected chi connectivity index (χ4v) is 34.2. The number of hydrogen-bond donors (Lipinski definition) is 0. The molecule has 6 aliphatic rings. The van der Waals surface area contributed by atoms with Crippen LogP contribution >= 0.6 is 24.8 Å². The predicted molar refractivity (Wildman–Crippen MR) is 223 cm³/mol. The summed E-state index contributed by atoms with van der Waals surface area (Å²) in [6.07, 6.45) is 33.3. The van der Waals surface area contributed by atoms with Crippen LogP contribution in [0.25, 0.3) is 22.3 Å². The van der Waals surface area contributed by atoms with E-state index in [0.717, 1.165) is 12.8 Å². The summed E-state index contributed by atoms with van der Waals surface area (Å²) in [6, 6.07) is 32.5. The maximum absolute atomic E-state index is 2.51. The van der Waals surface area contributed by atoms with Gasteiger partial charge in [-0.25, -0.2) is 0 Å². The number of rotatable bonds is 4. The molecule has 52 heavy (non-hydrogen) atoms. The molecule has 0 aromatic heterocycles. The van der Waals surface area contributed by atoms with E-state index in [9.17, 15) is 0 Å². The van der Waals surface area contributed by atoms with Crippen molar-refractivity contribution in [1.82, 2.24) is 0 Å². The molecule has 2 saturated carbocycles. The molecule has 0 aliphatic heterocycles. The van der Waals surface area contributed by atoms with Gasteiger partial charge in [-0.3, -0.25) is 0 Å². The van der Waals surface area contributed by atoms with Crippen LogP contribution in [0.15, 0.2) is 128 Å². The largest absolute Gasteiger partial charge is 0.147 e. The molecule has 0 spiro atoms. The van der Waals surface area contributed by atoms with Crippen LogP contribution in [0.1, 0.15) is 99.3 Å². The molecule has 6 aliphatic carbocycles. The van der Waals surface area contributed by atoms with Gasteiger partial charge in [-0.2, -0.15) is 0 Å². The van der Waals surface area contributed by atoms with Gasteiger partial charge in [0.2, 0.25) is 0 Å². The zero-order valence-electron chi connectivity index (χ0n) is 30.3. The Bertz CT molecular complexity index is 2000. The van der Waals surface area contributed by atoms with Crippen LogP contribution in [0.5, 0.6) is 0 Å². The van der Waals surface area contributed by atoms with Gasteiger partial charge in [-0.05, 0) is 0 Å². The van der Waals surface area contributed by atoms with Crippen LogP contribution < -0.4 is 6.64 Å². The molecule has 10 rings (SSSR count). The van der Waals surface area contributed by atoms with E-state index in [-0.39, 0.29) is 24.8 Å². The van der Waals surface area contributed by atoms with Crippen molar-refractivity contribution >= 4 is 38.0 Å². The molecule has 0 N–H and O–H groups in total. The fourth-order valence-electron chi connectivity index (χ4n) is 9.69. The minimum absolute atomic E-state index is 0. The minimum atomic E-state index is -2.11. The average molecular weight is 1050 g/mol.